The van der Waals surface area contributed by atoms with E-state index >= 15 is 0 Å². The van der Waals surface area contributed by atoms with E-state index in [9.17, 15) is 5.11 Å². The third kappa shape index (κ3) is 6.12. The Morgan fingerprint density at radius 3 is 2.38 bits per heavy atom. The smallest absolute Gasteiger partial charge is 0.0585 e. The van der Waals surface area contributed by atoms with Gasteiger partial charge in [0.15, 0.2) is 0 Å². The molecule has 0 aromatic heterocycles. The number of thioether (sulfide) groups is 1. The molecule has 0 aromatic carbocycles. The lowest BCUT2D eigenvalue weighted by Gasteiger charge is -2.26. The van der Waals surface area contributed by atoms with Gasteiger partial charge < -0.3 is 10.4 Å². The van der Waals surface area contributed by atoms with Crippen molar-refractivity contribution in [3.05, 3.63) is 0 Å². The van der Waals surface area contributed by atoms with Crippen LogP contribution >= 0.6 is 11.8 Å². The molecule has 1 fully saturated rings. The fraction of sp³-hybridized carbons (Fsp3) is 1.00. The summed E-state index contributed by atoms with van der Waals surface area (Å²) in [7, 11) is 0. The molecular weight excluding hydrogens is 218 g/mol. The molecule has 0 radical (unpaired) electrons. The fourth-order valence-electron chi connectivity index (χ4n) is 2.44. The van der Waals surface area contributed by atoms with E-state index in [4.69, 9.17) is 0 Å². The molecule has 0 bridgehead atoms. The minimum atomic E-state index is 0.289. The van der Waals surface area contributed by atoms with Crippen LogP contribution in [0.3, 0.4) is 0 Å². The molecule has 0 aliphatic heterocycles. The van der Waals surface area contributed by atoms with Crippen molar-refractivity contribution in [2.24, 2.45) is 0 Å². The van der Waals surface area contributed by atoms with Crippen molar-refractivity contribution in [3.63, 3.8) is 0 Å². The Morgan fingerprint density at radius 2 is 1.81 bits per heavy atom. The Bertz CT molecular complexity index is 158. The second-order valence-corrected chi connectivity index (χ2v) is 5.86. The van der Waals surface area contributed by atoms with E-state index < -0.39 is 0 Å². The summed E-state index contributed by atoms with van der Waals surface area (Å²) < 4.78 is 0. The van der Waals surface area contributed by atoms with Crippen LogP contribution in [0.2, 0.25) is 0 Å². The summed E-state index contributed by atoms with van der Waals surface area (Å²) in [5.41, 5.74) is 0. The first-order valence-electron chi connectivity index (χ1n) is 6.72. The highest BCUT2D eigenvalue weighted by atomic mass is 32.2. The molecule has 0 aromatic rings. The molecule has 96 valence electrons. The van der Waals surface area contributed by atoms with E-state index in [1.165, 1.54) is 44.9 Å². The van der Waals surface area contributed by atoms with Crippen LogP contribution in [0.15, 0.2) is 0 Å². The molecule has 16 heavy (non-hydrogen) atoms. The maximum absolute atomic E-state index is 9.34. The predicted molar refractivity (Wildman–Crippen MR) is 73.1 cm³/mol. The third-order valence-corrected chi connectivity index (χ3v) is 4.11. The highest BCUT2D eigenvalue weighted by molar-refractivity contribution is 7.98. The van der Waals surface area contributed by atoms with Gasteiger partial charge in [0.2, 0.25) is 0 Å². The Balaban J connectivity index is 2.24. The van der Waals surface area contributed by atoms with Crippen molar-refractivity contribution >= 4 is 11.8 Å². The molecule has 1 aliphatic carbocycles. The molecule has 3 heteroatoms. The molecule has 2 N–H and O–H groups in total. The van der Waals surface area contributed by atoms with Crippen molar-refractivity contribution in [2.45, 2.75) is 63.5 Å². The monoisotopic (exact) mass is 245 g/mol. The molecule has 1 unspecified atom stereocenters. The molecule has 0 amide bonds. The number of aliphatic hydroxyl groups excluding tert-OH is 1. The minimum absolute atomic E-state index is 0.289. The van der Waals surface area contributed by atoms with Crippen LogP contribution in [0, 0.1) is 0 Å². The van der Waals surface area contributed by atoms with Gasteiger partial charge in [-0.15, -0.1) is 0 Å². The Labute approximate surface area is 105 Å². The van der Waals surface area contributed by atoms with Gasteiger partial charge in [-0.1, -0.05) is 32.1 Å². The zero-order chi connectivity index (χ0) is 11.6. The van der Waals surface area contributed by atoms with E-state index in [2.05, 4.69) is 11.6 Å². The van der Waals surface area contributed by atoms with E-state index in [0.717, 1.165) is 12.2 Å². The average Bonchev–Trinajstić information content (AvgIpc) is 2.26. The number of hydrogen-bond donors (Lipinski definition) is 2. The number of rotatable bonds is 6. The van der Waals surface area contributed by atoms with Gasteiger partial charge >= 0.3 is 0 Å². The first kappa shape index (κ1) is 14.3. The van der Waals surface area contributed by atoms with Crippen LogP contribution in [0.1, 0.15) is 51.4 Å². The summed E-state index contributed by atoms with van der Waals surface area (Å²) >= 11 is 1.86. The van der Waals surface area contributed by atoms with Crippen molar-refractivity contribution in [3.8, 4) is 0 Å². The van der Waals surface area contributed by atoms with E-state index in [1.807, 2.05) is 11.8 Å². The Morgan fingerprint density at radius 1 is 1.19 bits per heavy atom. The maximum atomic E-state index is 9.34. The van der Waals surface area contributed by atoms with Gasteiger partial charge in [0.1, 0.15) is 0 Å². The second-order valence-electron chi connectivity index (χ2n) is 4.87. The summed E-state index contributed by atoms with van der Waals surface area (Å²) in [6.07, 6.45) is 12.8. The van der Waals surface area contributed by atoms with Crippen LogP contribution in [0.4, 0.5) is 0 Å². The average molecular weight is 245 g/mol. The first-order chi connectivity index (χ1) is 7.86. The SMILES string of the molecule is CSCCC(CO)NC1CCCCCCC1. The zero-order valence-corrected chi connectivity index (χ0v) is 11.4. The molecule has 0 saturated heterocycles. The largest absolute Gasteiger partial charge is 0.395 e. The van der Waals surface area contributed by atoms with E-state index in [-0.39, 0.29) is 6.61 Å². The maximum Gasteiger partial charge on any atom is 0.0585 e. The third-order valence-electron chi connectivity index (χ3n) is 3.47. The standard InChI is InChI=1S/C13H27NOS/c1-16-10-9-13(11-15)14-12-7-5-3-2-4-6-8-12/h12-15H,2-11H2,1H3. The van der Waals surface area contributed by atoms with E-state index in [0.29, 0.717) is 12.1 Å². The quantitative estimate of drug-likeness (QED) is 0.755. The summed E-state index contributed by atoms with van der Waals surface area (Å²) in [4.78, 5) is 0. The van der Waals surface area contributed by atoms with Gasteiger partial charge in [0.05, 0.1) is 6.61 Å². The van der Waals surface area contributed by atoms with Gasteiger partial charge in [-0.05, 0) is 31.3 Å². The molecular formula is C13H27NOS. The van der Waals surface area contributed by atoms with Crippen molar-refractivity contribution in [1.29, 1.82) is 0 Å². The predicted octanol–water partition coefficient (Wildman–Crippen LogP) is 2.80. The lowest BCUT2D eigenvalue weighted by atomic mass is 9.96. The highest BCUT2D eigenvalue weighted by Gasteiger charge is 2.15. The highest BCUT2D eigenvalue weighted by Crippen LogP contribution is 2.18. The summed E-state index contributed by atoms with van der Waals surface area (Å²) in [5.74, 6) is 1.14. The van der Waals surface area contributed by atoms with Crippen LogP contribution in [0.5, 0.6) is 0 Å². The number of aliphatic hydroxyl groups is 1. The Hall–Kier alpha value is 0.270. The second kappa shape index (κ2) is 9.32. The lowest BCUT2D eigenvalue weighted by molar-refractivity contribution is 0.219. The first-order valence-corrected chi connectivity index (χ1v) is 8.12. The van der Waals surface area contributed by atoms with Crippen LogP contribution in [0.25, 0.3) is 0 Å². The molecule has 1 aliphatic rings. The van der Waals surface area contributed by atoms with Crippen LogP contribution < -0.4 is 5.32 Å². The molecule has 0 spiro atoms. The molecule has 1 saturated carbocycles. The molecule has 1 rings (SSSR count). The van der Waals surface area contributed by atoms with Gasteiger partial charge in [0.25, 0.3) is 0 Å². The number of nitrogens with one attached hydrogen (secondary N) is 1. The van der Waals surface area contributed by atoms with Gasteiger partial charge in [-0.3, -0.25) is 0 Å². The zero-order valence-electron chi connectivity index (χ0n) is 10.6. The fourth-order valence-corrected chi connectivity index (χ4v) is 2.96. The molecule has 2 nitrogen and oxygen atoms in total. The summed E-state index contributed by atoms with van der Waals surface area (Å²) in [6, 6.07) is 0.969. The number of hydrogen-bond acceptors (Lipinski definition) is 3. The normalized spacial score (nSPS) is 21.4. The summed E-state index contributed by atoms with van der Waals surface area (Å²) in [5, 5.41) is 13.0. The van der Waals surface area contributed by atoms with Gasteiger partial charge in [0, 0.05) is 12.1 Å². The van der Waals surface area contributed by atoms with E-state index in [1.54, 1.807) is 0 Å². The van der Waals surface area contributed by atoms with Crippen molar-refractivity contribution in [2.75, 3.05) is 18.6 Å². The van der Waals surface area contributed by atoms with Crippen LogP contribution in [-0.2, 0) is 0 Å². The van der Waals surface area contributed by atoms with Gasteiger partial charge in [-0.2, -0.15) is 11.8 Å². The molecule has 1 atom stereocenters. The van der Waals surface area contributed by atoms with Crippen molar-refractivity contribution in [1.82, 2.24) is 5.32 Å². The molecule has 0 heterocycles. The summed E-state index contributed by atoms with van der Waals surface area (Å²) in [6.45, 7) is 0.289. The lowest BCUT2D eigenvalue weighted by Crippen LogP contribution is -2.41. The minimum Gasteiger partial charge on any atom is -0.395 e. The van der Waals surface area contributed by atoms with Crippen molar-refractivity contribution < 1.29 is 5.11 Å². The van der Waals surface area contributed by atoms with Crippen LogP contribution in [-0.4, -0.2) is 35.8 Å². The topological polar surface area (TPSA) is 32.3 Å². The van der Waals surface area contributed by atoms with Gasteiger partial charge in [-0.25, -0.2) is 0 Å². The Kier molecular flexibility index (Phi) is 8.34.